The van der Waals surface area contributed by atoms with Crippen LogP contribution in [0.25, 0.3) is 0 Å². The molecule has 1 heterocycles. The highest BCUT2D eigenvalue weighted by molar-refractivity contribution is 6.30. The van der Waals surface area contributed by atoms with Crippen LogP contribution in [0.4, 0.5) is 10.1 Å². The van der Waals surface area contributed by atoms with Crippen LogP contribution in [0.15, 0.2) is 54.7 Å². The molecule has 1 fully saturated rings. The smallest absolute Gasteiger partial charge is 0.128 e. The highest BCUT2D eigenvalue weighted by Crippen LogP contribution is 2.27. The average molecular weight is 413 g/mol. The van der Waals surface area contributed by atoms with Gasteiger partial charge in [-0.25, -0.2) is 9.37 Å². The number of nitrogens with zero attached hydrogens (tertiary/aromatic N) is 3. The summed E-state index contributed by atoms with van der Waals surface area (Å²) < 4.78 is 15.4. The summed E-state index contributed by atoms with van der Waals surface area (Å²) in [7, 11) is 2.00. The minimum atomic E-state index is -0.226. The fourth-order valence-electron chi connectivity index (χ4n) is 3.37. The first-order valence-corrected chi connectivity index (χ1v) is 10.4. The van der Waals surface area contributed by atoms with E-state index in [1.165, 1.54) is 30.5 Å². The van der Waals surface area contributed by atoms with Crippen molar-refractivity contribution in [2.45, 2.75) is 32.5 Å². The highest BCUT2D eigenvalue weighted by atomic mass is 35.5. The van der Waals surface area contributed by atoms with Crippen molar-refractivity contribution in [3.63, 3.8) is 0 Å². The monoisotopic (exact) mass is 412 g/mol. The molecule has 0 atom stereocenters. The number of rotatable bonds is 9. The summed E-state index contributed by atoms with van der Waals surface area (Å²) in [4.78, 5) is 6.97. The fourth-order valence-corrected chi connectivity index (χ4v) is 3.50. The Morgan fingerprint density at radius 1 is 1.14 bits per heavy atom. The zero-order valence-corrected chi connectivity index (χ0v) is 17.4. The van der Waals surface area contributed by atoms with E-state index in [-0.39, 0.29) is 5.82 Å². The van der Waals surface area contributed by atoms with Gasteiger partial charge in [0.25, 0.3) is 0 Å². The van der Waals surface area contributed by atoms with Crippen LogP contribution in [0.1, 0.15) is 29.9 Å². The molecule has 0 unspecified atom stereocenters. The maximum Gasteiger partial charge on any atom is 0.128 e. The molecule has 0 bridgehead atoms. The number of anilines is 1. The predicted octanol–water partition coefficient (Wildman–Crippen LogP) is 4.86. The topological polar surface area (TPSA) is 33.1 Å². The molecule has 1 aromatic heterocycles. The summed E-state index contributed by atoms with van der Waals surface area (Å²) in [6.07, 6.45) is 4.81. The summed E-state index contributed by atoms with van der Waals surface area (Å²) in [5.74, 6) is 1.60. The number of aromatic nitrogens is 2. The summed E-state index contributed by atoms with van der Waals surface area (Å²) >= 11 is 6.02. The molecule has 1 saturated carbocycles. The second-order valence-electron chi connectivity index (χ2n) is 7.81. The van der Waals surface area contributed by atoms with E-state index in [4.69, 9.17) is 16.6 Å². The van der Waals surface area contributed by atoms with E-state index in [9.17, 15) is 4.39 Å². The molecular weight excluding hydrogens is 387 g/mol. The molecule has 0 amide bonds. The number of nitrogens with one attached hydrogen (secondary N) is 1. The van der Waals surface area contributed by atoms with Crippen molar-refractivity contribution < 1.29 is 4.39 Å². The lowest BCUT2D eigenvalue weighted by atomic mass is 10.2. The van der Waals surface area contributed by atoms with Gasteiger partial charge in [0.2, 0.25) is 0 Å². The maximum absolute atomic E-state index is 13.2. The summed E-state index contributed by atoms with van der Waals surface area (Å²) in [5, 5.41) is 4.25. The Kier molecular flexibility index (Phi) is 6.16. The van der Waals surface area contributed by atoms with Gasteiger partial charge in [-0.15, -0.1) is 0 Å². The first-order valence-electron chi connectivity index (χ1n) is 10.0. The molecule has 1 aliphatic carbocycles. The predicted molar refractivity (Wildman–Crippen MR) is 116 cm³/mol. The Labute approximate surface area is 176 Å². The van der Waals surface area contributed by atoms with Crippen molar-refractivity contribution >= 4 is 17.3 Å². The fraction of sp³-hybridized carbons (Fsp3) is 0.348. The molecule has 0 aliphatic heterocycles. The first-order chi connectivity index (χ1) is 14.1. The van der Waals surface area contributed by atoms with Gasteiger partial charge in [-0.05, 0) is 67.3 Å². The van der Waals surface area contributed by atoms with Crippen molar-refractivity contribution in [1.82, 2.24) is 14.9 Å². The van der Waals surface area contributed by atoms with Gasteiger partial charge in [0.05, 0.1) is 12.2 Å². The SMILES string of the molecule is CN(Cc1nc(CNCC2CC2)cn1Cc1ccc(Cl)cc1)c1ccc(F)cc1. The summed E-state index contributed by atoms with van der Waals surface area (Å²) in [6, 6.07) is 14.5. The standard InChI is InChI=1S/C23H26ClFN4/c1-28(22-10-8-20(25)9-11-22)16-23-27-21(13-26-12-17-2-3-17)15-29(23)14-18-4-6-19(24)7-5-18/h4-11,15,17,26H,2-3,12-14,16H2,1H3. The van der Waals surface area contributed by atoms with Gasteiger partial charge in [0.15, 0.2) is 0 Å². The minimum Gasteiger partial charge on any atom is -0.367 e. The molecule has 29 heavy (non-hydrogen) atoms. The summed E-state index contributed by atoms with van der Waals surface area (Å²) in [5.41, 5.74) is 3.18. The van der Waals surface area contributed by atoms with E-state index < -0.39 is 0 Å². The molecule has 4 rings (SSSR count). The molecule has 4 nitrogen and oxygen atoms in total. The van der Waals surface area contributed by atoms with E-state index in [0.29, 0.717) is 6.54 Å². The van der Waals surface area contributed by atoms with Crippen LogP contribution in [0, 0.1) is 11.7 Å². The third kappa shape index (κ3) is 5.58. The van der Waals surface area contributed by atoms with Crippen molar-refractivity contribution in [1.29, 1.82) is 0 Å². The van der Waals surface area contributed by atoms with Gasteiger partial charge >= 0.3 is 0 Å². The quantitative estimate of drug-likeness (QED) is 0.544. The highest BCUT2D eigenvalue weighted by Gasteiger charge is 2.20. The van der Waals surface area contributed by atoms with Gasteiger partial charge in [-0.3, -0.25) is 0 Å². The number of halogens is 2. The van der Waals surface area contributed by atoms with E-state index in [1.54, 1.807) is 12.1 Å². The third-order valence-electron chi connectivity index (χ3n) is 5.26. The molecule has 1 aliphatic rings. The molecule has 6 heteroatoms. The van der Waals surface area contributed by atoms with Gasteiger partial charge in [-0.2, -0.15) is 0 Å². The average Bonchev–Trinajstić information content (AvgIpc) is 3.46. The number of imidazole rings is 1. The molecule has 152 valence electrons. The zero-order chi connectivity index (χ0) is 20.2. The Hall–Kier alpha value is -2.37. The van der Waals surface area contributed by atoms with Crippen LogP contribution in [-0.2, 0) is 19.6 Å². The molecule has 1 N–H and O–H groups in total. The van der Waals surface area contributed by atoms with Gasteiger partial charge in [0.1, 0.15) is 11.6 Å². The number of hydrogen-bond acceptors (Lipinski definition) is 3. The summed E-state index contributed by atoms with van der Waals surface area (Å²) in [6.45, 7) is 3.22. The van der Waals surface area contributed by atoms with Crippen LogP contribution in [-0.4, -0.2) is 23.1 Å². The Bertz CT molecular complexity index is 933. The Morgan fingerprint density at radius 2 is 1.86 bits per heavy atom. The van der Waals surface area contributed by atoms with E-state index in [1.807, 2.05) is 31.3 Å². The van der Waals surface area contributed by atoms with Gasteiger partial charge < -0.3 is 14.8 Å². The van der Waals surface area contributed by atoms with Crippen LogP contribution in [0.2, 0.25) is 5.02 Å². The number of hydrogen-bond donors (Lipinski definition) is 1. The second kappa shape index (κ2) is 8.97. The number of benzene rings is 2. The lowest BCUT2D eigenvalue weighted by molar-refractivity contribution is 0.627. The van der Waals surface area contributed by atoms with Crippen LogP contribution < -0.4 is 10.2 Å². The van der Waals surface area contributed by atoms with Gasteiger partial charge in [-0.1, -0.05) is 23.7 Å². The Morgan fingerprint density at radius 3 is 2.55 bits per heavy atom. The molecule has 0 radical (unpaired) electrons. The Balaban J connectivity index is 1.50. The van der Waals surface area contributed by atoms with Crippen molar-refractivity contribution in [3.05, 3.63) is 82.6 Å². The first kappa shape index (κ1) is 19.9. The zero-order valence-electron chi connectivity index (χ0n) is 16.6. The van der Waals surface area contributed by atoms with Crippen LogP contribution in [0.3, 0.4) is 0 Å². The van der Waals surface area contributed by atoms with Crippen LogP contribution >= 0.6 is 11.6 Å². The lowest BCUT2D eigenvalue weighted by Gasteiger charge is -2.19. The van der Waals surface area contributed by atoms with Crippen molar-refractivity contribution in [2.75, 3.05) is 18.5 Å². The van der Waals surface area contributed by atoms with E-state index >= 15 is 0 Å². The normalized spacial score (nSPS) is 13.6. The van der Waals surface area contributed by atoms with Crippen molar-refractivity contribution in [3.8, 4) is 0 Å². The largest absolute Gasteiger partial charge is 0.367 e. The molecular formula is C23H26ClFN4. The maximum atomic E-state index is 13.2. The van der Waals surface area contributed by atoms with E-state index in [2.05, 4.69) is 21.0 Å². The lowest BCUT2D eigenvalue weighted by Crippen LogP contribution is -2.20. The van der Waals surface area contributed by atoms with E-state index in [0.717, 1.165) is 47.8 Å². The molecule has 0 saturated heterocycles. The molecule has 3 aromatic rings. The van der Waals surface area contributed by atoms with Crippen molar-refractivity contribution in [2.24, 2.45) is 5.92 Å². The minimum absolute atomic E-state index is 0.226. The van der Waals surface area contributed by atoms with Crippen LogP contribution in [0.5, 0.6) is 0 Å². The molecule has 2 aromatic carbocycles. The second-order valence-corrected chi connectivity index (χ2v) is 8.25. The van der Waals surface area contributed by atoms with Gasteiger partial charge in [0, 0.05) is 37.0 Å². The third-order valence-corrected chi connectivity index (χ3v) is 5.51. The molecule has 0 spiro atoms.